The van der Waals surface area contributed by atoms with E-state index in [4.69, 9.17) is 10.2 Å². The quantitative estimate of drug-likeness (QED) is 0.687. The zero-order chi connectivity index (χ0) is 14.7. The van der Waals surface area contributed by atoms with Gasteiger partial charge in [-0.25, -0.2) is 9.97 Å². The fourth-order valence-corrected chi connectivity index (χ4v) is 2.36. The SMILES string of the molecule is Cc1cnc2c(c1)nc(-c1ccncc1)n2CCCC#N. The van der Waals surface area contributed by atoms with Gasteiger partial charge < -0.3 is 4.57 Å². The Kier molecular flexibility index (Phi) is 3.61. The highest BCUT2D eigenvalue weighted by Crippen LogP contribution is 2.24. The molecule has 0 N–H and O–H groups in total. The normalized spacial score (nSPS) is 10.7. The molecule has 0 bridgehead atoms. The molecule has 0 fully saturated rings. The van der Waals surface area contributed by atoms with Gasteiger partial charge >= 0.3 is 0 Å². The van der Waals surface area contributed by atoms with E-state index in [2.05, 4.69) is 20.6 Å². The van der Waals surface area contributed by atoms with E-state index in [0.29, 0.717) is 6.42 Å². The maximum absolute atomic E-state index is 8.73. The summed E-state index contributed by atoms with van der Waals surface area (Å²) in [6.07, 6.45) is 6.68. The molecule has 0 aliphatic carbocycles. The monoisotopic (exact) mass is 277 g/mol. The smallest absolute Gasteiger partial charge is 0.160 e. The first kappa shape index (κ1) is 13.3. The molecule has 3 heterocycles. The van der Waals surface area contributed by atoms with Gasteiger partial charge in [-0.1, -0.05) is 0 Å². The number of aromatic nitrogens is 4. The van der Waals surface area contributed by atoms with Gasteiger partial charge in [-0.3, -0.25) is 4.98 Å². The molecule has 0 aliphatic rings. The Morgan fingerprint density at radius 3 is 2.86 bits per heavy atom. The Labute approximate surface area is 122 Å². The van der Waals surface area contributed by atoms with Crippen LogP contribution in [0.15, 0.2) is 36.8 Å². The van der Waals surface area contributed by atoms with Crippen molar-refractivity contribution in [2.75, 3.05) is 0 Å². The highest BCUT2D eigenvalue weighted by Gasteiger charge is 2.13. The third kappa shape index (κ3) is 2.61. The number of unbranched alkanes of at least 4 members (excludes halogenated alkanes) is 1. The molecule has 5 nitrogen and oxygen atoms in total. The molecule has 0 unspecified atom stereocenters. The van der Waals surface area contributed by atoms with Gasteiger partial charge in [0.05, 0.1) is 6.07 Å². The number of pyridine rings is 2. The van der Waals surface area contributed by atoms with Crippen molar-refractivity contribution in [3.63, 3.8) is 0 Å². The molecule has 0 spiro atoms. The molecule has 5 heteroatoms. The average molecular weight is 277 g/mol. The molecule has 21 heavy (non-hydrogen) atoms. The van der Waals surface area contributed by atoms with Crippen molar-refractivity contribution in [2.24, 2.45) is 0 Å². The Hall–Kier alpha value is -2.74. The highest BCUT2D eigenvalue weighted by molar-refractivity contribution is 5.77. The van der Waals surface area contributed by atoms with E-state index >= 15 is 0 Å². The van der Waals surface area contributed by atoms with Crippen LogP contribution in [0.4, 0.5) is 0 Å². The summed E-state index contributed by atoms with van der Waals surface area (Å²) in [5.74, 6) is 0.878. The standard InChI is InChI=1S/C16H15N5/c1-12-10-14-16(19-11-12)21(9-3-2-6-17)15(20-14)13-4-7-18-8-5-13/h4-5,7-8,10-11H,2-3,9H2,1H3. The first-order chi connectivity index (χ1) is 10.3. The van der Waals surface area contributed by atoms with Gasteiger partial charge in [0.2, 0.25) is 0 Å². The van der Waals surface area contributed by atoms with Crippen LogP contribution < -0.4 is 0 Å². The fourth-order valence-electron chi connectivity index (χ4n) is 2.36. The molecule has 0 aliphatic heterocycles. The molecule has 3 aromatic heterocycles. The lowest BCUT2D eigenvalue weighted by Gasteiger charge is -2.07. The Balaban J connectivity index is 2.13. The Bertz CT molecular complexity index is 799. The van der Waals surface area contributed by atoms with Crippen LogP contribution in [-0.2, 0) is 6.54 Å². The number of fused-ring (bicyclic) bond motifs is 1. The lowest BCUT2D eigenvalue weighted by molar-refractivity contribution is 0.670. The van der Waals surface area contributed by atoms with Gasteiger partial charge in [-0.05, 0) is 37.1 Å². The van der Waals surface area contributed by atoms with Crippen LogP contribution in [0.3, 0.4) is 0 Å². The van der Waals surface area contributed by atoms with Crippen LogP contribution in [0, 0.1) is 18.3 Å². The van der Waals surface area contributed by atoms with Crippen LogP contribution in [0.5, 0.6) is 0 Å². The Morgan fingerprint density at radius 1 is 1.29 bits per heavy atom. The van der Waals surface area contributed by atoms with Gasteiger partial charge in [0.15, 0.2) is 5.65 Å². The molecular formula is C16H15N5. The van der Waals surface area contributed by atoms with E-state index in [9.17, 15) is 0 Å². The zero-order valence-corrected chi connectivity index (χ0v) is 11.8. The number of aryl methyl sites for hydroxylation is 2. The maximum atomic E-state index is 8.73. The lowest BCUT2D eigenvalue weighted by atomic mass is 10.2. The Morgan fingerprint density at radius 2 is 2.10 bits per heavy atom. The summed E-state index contributed by atoms with van der Waals surface area (Å²) in [5.41, 5.74) is 3.85. The van der Waals surface area contributed by atoms with Crippen LogP contribution in [-0.4, -0.2) is 19.5 Å². The number of nitrogens with zero attached hydrogens (tertiary/aromatic N) is 5. The molecule has 0 saturated carbocycles. The number of nitriles is 1. The van der Waals surface area contributed by atoms with Crippen molar-refractivity contribution < 1.29 is 0 Å². The second-order valence-corrected chi connectivity index (χ2v) is 4.94. The minimum absolute atomic E-state index is 0.529. The molecule has 3 aromatic rings. The van der Waals surface area contributed by atoms with Gasteiger partial charge in [-0.15, -0.1) is 0 Å². The van der Waals surface area contributed by atoms with E-state index in [1.165, 1.54) is 0 Å². The third-order valence-electron chi connectivity index (χ3n) is 3.33. The topological polar surface area (TPSA) is 67.4 Å². The molecule has 0 saturated heterocycles. The fraction of sp³-hybridized carbons (Fsp3) is 0.250. The van der Waals surface area contributed by atoms with E-state index in [0.717, 1.165) is 41.1 Å². The van der Waals surface area contributed by atoms with Crippen molar-refractivity contribution in [3.05, 3.63) is 42.4 Å². The summed E-state index contributed by atoms with van der Waals surface area (Å²) >= 11 is 0. The first-order valence-electron chi connectivity index (χ1n) is 6.90. The van der Waals surface area contributed by atoms with Crippen molar-refractivity contribution >= 4 is 11.2 Å². The largest absolute Gasteiger partial charge is 0.309 e. The second kappa shape index (κ2) is 5.71. The van der Waals surface area contributed by atoms with Crippen molar-refractivity contribution in [3.8, 4) is 17.5 Å². The number of rotatable bonds is 4. The third-order valence-corrected chi connectivity index (χ3v) is 3.33. The minimum Gasteiger partial charge on any atom is -0.309 e. The van der Waals surface area contributed by atoms with Gasteiger partial charge in [0, 0.05) is 37.1 Å². The van der Waals surface area contributed by atoms with Crippen molar-refractivity contribution in [1.82, 2.24) is 19.5 Å². The predicted octanol–water partition coefficient (Wildman–Crippen LogP) is 3.11. The molecule has 104 valence electrons. The second-order valence-electron chi connectivity index (χ2n) is 4.94. The van der Waals surface area contributed by atoms with E-state index in [1.807, 2.05) is 31.3 Å². The molecular weight excluding hydrogens is 262 g/mol. The van der Waals surface area contributed by atoms with Crippen molar-refractivity contribution in [2.45, 2.75) is 26.3 Å². The molecule has 0 atom stereocenters. The van der Waals surface area contributed by atoms with E-state index in [-0.39, 0.29) is 0 Å². The molecule has 0 aromatic carbocycles. The van der Waals surface area contributed by atoms with Gasteiger partial charge in [0.1, 0.15) is 11.3 Å². The summed E-state index contributed by atoms with van der Waals surface area (Å²) in [4.78, 5) is 13.3. The maximum Gasteiger partial charge on any atom is 0.160 e. The summed E-state index contributed by atoms with van der Waals surface area (Å²) in [6, 6.07) is 8.10. The van der Waals surface area contributed by atoms with Gasteiger partial charge in [-0.2, -0.15) is 5.26 Å². The molecule has 3 rings (SSSR count). The lowest BCUT2D eigenvalue weighted by Crippen LogP contribution is -2.01. The minimum atomic E-state index is 0.529. The van der Waals surface area contributed by atoms with E-state index in [1.54, 1.807) is 12.4 Å². The van der Waals surface area contributed by atoms with Crippen LogP contribution >= 0.6 is 0 Å². The average Bonchev–Trinajstić information content (AvgIpc) is 2.86. The number of hydrogen-bond donors (Lipinski definition) is 0. The molecule has 0 radical (unpaired) electrons. The van der Waals surface area contributed by atoms with E-state index < -0.39 is 0 Å². The summed E-state index contributed by atoms with van der Waals surface area (Å²) < 4.78 is 2.08. The predicted molar refractivity (Wildman–Crippen MR) is 80.3 cm³/mol. The number of imidazole rings is 1. The first-order valence-corrected chi connectivity index (χ1v) is 6.90. The molecule has 0 amide bonds. The van der Waals surface area contributed by atoms with Crippen LogP contribution in [0.25, 0.3) is 22.6 Å². The zero-order valence-electron chi connectivity index (χ0n) is 11.8. The summed E-state index contributed by atoms with van der Waals surface area (Å²) in [6.45, 7) is 2.74. The summed E-state index contributed by atoms with van der Waals surface area (Å²) in [7, 11) is 0. The van der Waals surface area contributed by atoms with Gasteiger partial charge in [0.25, 0.3) is 0 Å². The van der Waals surface area contributed by atoms with Crippen molar-refractivity contribution in [1.29, 1.82) is 5.26 Å². The summed E-state index contributed by atoms with van der Waals surface area (Å²) in [5, 5.41) is 8.73. The number of hydrogen-bond acceptors (Lipinski definition) is 4. The highest BCUT2D eigenvalue weighted by atomic mass is 15.1. The van der Waals surface area contributed by atoms with Crippen LogP contribution in [0.1, 0.15) is 18.4 Å². The van der Waals surface area contributed by atoms with Crippen LogP contribution in [0.2, 0.25) is 0 Å².